The van der Waals surface area contributed by atoms with E-state index in [4.69, 9.17) is 9.47 Å². The fraction of sp³-hybridized carbons (Fsp3) is 0.600. The van der Waals surface area contributed by atoms with Gasteiger partial charge in [0.25, 0.3) is 0 Å². The van der Waals surface area contributed by atoms with E-state index in [1.165, 1.54) is 17.0 Å². The molecule has 0 spiro atoms. The number of nitrogens with zero attached hydrogens (tertiary/aromatic N) is 1. The van der Waals surface area contributed by atoms with Crippen LogP contribution in [-0.2, 0) is 6.42 Å². The SMILES string of the molecule is O[C@H]1[C@H](O)[C@@H](O)CN(CCc2cc3c(cc2F)OCO3)[C@@H]1CF. The van der Waals surface area contributed by atoms with Crippen molar-refractivity contribution in [1.29, 1.82) is 0 Å². The van der Waals surface area contributed by atoms with Gasteiger partial charge in [0.05, 0.1) is 12.1 Å². The molecule has 0 bridgehead atoms. The van der Waals surface area contributed by atoms with Gasteiger partial charge < -0.3 is 24.8 Å². The van der Waals surface area contributed by atoms with Crippen molar-refractivity contribution in [2.24, 2.45) is 0 Å². The molecule has 0 aliphatic carbocycles. The summed E-state index contributed by atoms with van der Waals surface area (Å²) in [7, 11) is 0. The molecule has 8 heteroatoms. The number of fused-ring (bicyclic) bond motifs is 1. The highest BCUT2D eigenvalue weighted by molar-refractivity contribution is 5.45. The number of aliphatic hydroxyl groups excluding tert-OH is 3. The van der Waals surface area contributed by atoms with E-state index >= 15 is 0 Å². The van der Waals surface area contributed by atoms with Gasteiger partial charge in [-0.1, -0.05) is 0 Å². The number of hydrogen-bond donors (Lipinski definition) is 3. The average molecular weight is 331 g/mol. The summed E-state index contributed by atoms with van der Waals surface area (Å²) in [6, 6.07) is 1.85. The number of β-amino-alcohol motifs (C(OH)–C–C–N with tert-alkyl or cyclic N) is 1. The molecule has 2 aliphatic rings. The number of hydrogen-bond acceptors (Lipinski definition) is 6. The molecule has 0 radical (unpaired) electrons. The molecule has 1 aromatic rings. The first-order valence-corrected chi connectivity index (χ1v) is 7.43. The fourth-order valence-electron chi connectivity index (χ4n) is 3.02. The van der Waals surface area contributed by atoms with Crippen molar-refractivity contribution in [3.05, 3.63) is 23.5 Å². The number of halogens is 2. The largest absolute Gasteiger partial charge is 0.454 e. The van der Waals surface area contributed by atoms with E-state index in [1.54, 1.807) is 0 Å². The standard InChI is InChI=1S/C15H19F2NO5/c16-5-10-14(20)15(21)11(19)6-18(10)2-1-8-3-12-13(4-9(8)17)23-7-22-12/h3-4,10-11,14-15,19-21H,1-2,5-7H2/t10-,11+,14-,15-/m1/s1. The average Bonchev–Trinajstić information content (AvgIpc) is 2.97. The Morgan fingerprint density at radius 1 is 1.13 bits per heavy atom. The van der Waals surface area contributed by atoms with Crippen LogP contribution < -0.4 is 9.47 Å². The van der Waals surface area contributed by atoms with Crippen LogP contribution in [-0.4, -0.2) is 71.1 Å². The second kappa shape index (κ2) is 6.56. The second-order valence-electron chi connectivity index (χ2n) is 5.81. The lowest BCUT2D eigenvalue weighted by molar-refractivity contribution is -0.140. The Labute approximate surface area is 131 Å². The van der Waals surface area contributed by atoms with Crippen LogP contribution in [0, 0.1) is 5.82 Å². The lowest BCUT2D eigenvalue weighted by Gasteiger charge is -2.42. The van der Waals surface area contributed by atoms with Gasteiger partial charge in [-0.05, 0) is 18.1 Å². The third kappa shape index (κ3) is 3.12. The molecule has 128 valence electrons. The Kier molecular flexibility index (Phi) is 4.67. The van der Waals surface area contributed by atoms with Gasteiger partial charge in [-0.25, -0.2) is 8.78 Å². The van der Waals surface area contributed by atoms with Crippen LogP contribution >= 0.6 is 0 Å². The summed E-state index contributed by atoms with van der Waals surface area (Å²) in [5, 5.41) is 29.2. The summed E-state index contributed by atoms with van der Waals surface area (Å²) in [5.41, 5.74) is 0.377. The van der Waals surface area contributed by atoms with E-state index in [0.717, 1.165) is 0 Å². The maximum Gasteiger partial charge on any atom is 0.231 e. The second-order valence-corrected chi connectivity index (χ2v) is 5.81. The maximum atomic E-state index is 14.0. The molecule has 0 amide bonds. The molecule has 4 atom stereocenters. The topological polar surface area (TPSA) is 82.4 Å². The van der Waals surface area contributed by atoms with Gasteiger partial charge in [-0.15, -0.1) is 0 Å². The Hall–Kier alpha value is -1.48. The molecular weight excluding hydrogens is 312 g/mol. The molecule has 6 nitrogen and oxygen atoms in total. The van der Waals surface area contributed by atoms with Gasteiger partial charge in [0.1, 0.15) is 24.7 Å². The first-order chi connectivity index (χ1) is 11.0. The summed E-state index contributed by atoms with van der Waals surface area (Å²) in [6.07, 6.45) is -3.69. The van der Waals surface area contributed by atoms with Crippen LogP contribution in [0.2, 0.25) is 0 Å². The summed E-state index contributed by atoms with van der Waals surface area (Å²) < 4.78 is 37.5. The highest BCUT2D eigenvalue weighted by atomic mass is 19.1. The minimum absolute atomic E-state index is 0.0129. The zero-order chi connectivity index (χ0) is 16.6. The number of piperidine rings is 1. The van der Waals surface area contributed by atoms with E-state index in [-0.39, 0.29) is 26.3 Å². The summed E-state index contributed by atoms with van der Waals surface area (Å²) >= 11 is 0. The van der Waals surface area contributed by atoms with Gasteiger partial charge in [-0.3, -0.25) is 4.90 Å². The first kappa shape index (κ1) is 16.4. The molecular formula is C15H19F2NO5. The molecule has 2 aliphatic heterocycles. The van der Waals surface area contributed by atoms with Crippen LogP contribution in [0.3, 0.4) is 0 Å². The molecule has 2 heterocycles. The highest BCUT2D eigenvalue weighted by Gasteiger charge is 2.41. The molecule has 0 saturated carbocycles. The number of alkyl halides is 1. The normalized spacial score (nSPS) is 30.7. The van der Waals surface area contributed by atoms with Crippen molar-refractivity contribution in [3.8, 4) is 11.5 Å². The predicted octanol–water partition coefficient (Wildman–Crippen LogP) is -0.167. The lowest BCUT2D eigenvalue weighted by atomic mass is 9.94. The van der Waals surface area contributed by atoms with Crippen LogP contribution in [0.25, 0.3) is 0 Å². The van der Waals surface area contributed by atoms with Gasteiger partial charge in [-0.2, -0.15) is 0 Å². The fourth-order valence-corrected chi connectivity index (χ4v) is 3.02. The number of likely N-dealkylation sites (tertiary alicyclic amines) is 1. The minimum atomic E-state index is -1.38. The van der Waals surface area contributed by atoms with Crippen LogP contribution in [0.4, 0.5) is 8.78 Å². The molecule has 23 heavy (non-hydrogen) atoms. The maximum absolute atomic E-state index is 14.0. The summed E-state index contributed by atoms with van der Waals surface area (Å²) in [6.45, 7) is -0.579. The van der Waals surface area contributed by atoms with Crippen molar-refractivity contribution in [1.82, 2.24) is 4.90 Å². The number of benzene rings is 1. The first-order valence-electron chi connectivity index (χ1n) is 7.43. The third-order valence-electron chi connectivity index (χ3n) is 4.40. The van der Waals surface area contributed by atoms with Crippen LogP contribution in [0.15, 0.2) is 12.1 Å². The van der Waals surface area contributed by atoms with Crippen molar-refractivity contribution < 1.29 is 33.6 Å². The monoisotopic (exact) mass is 331 g/mol. The number of rotatable bonds is 4. The van der Waals surface area contributed by atoms with E-state index < -0.39 is 36.8 Å². The Bertz CT molecular complexity index is 573. The van der Waals surface area contributed by atoms with Crippen molar-refractivity contribution >= 4 is 0 Å². The zero-order valence-electron chi connectivity index (χ0n) is 12.4. The van der Waals surface area contributed by atoms with E-state index in [2.05, 4.69) is 0 Å². The van der Waals surface area contributed by atoms with Gasteiger partial charge >= 0.3 is 0 Å². The van der Waals surface area contributed by atoms with Gasteiger partial charge in [0.2, 0.25) is 6.79 Å². The Morgan fingerprint density at radius 3 is 2.52 bits per heavy atom. The lowest BCUT2D eigenvalue weighted by Crippen LogP contribution is -2.62. The summed E-state index contributed by atoms with van der Waals surface area (Å²) in [5.74, 6) is 0.349. The Morgan fingerprint density at radius 2 is 1.83 bits per heavy atom. The number of aliphatic hydroxyl groups is 3. The van der Waals surface area contributed by atoms with E-state index in [9.17, 15) is 24.1 Å². The van der Waals surface area contributed by atoms with Crippen molar-refractivity contribution in [2.45, 2.75) is 30.8 Å². The minimum Gasteiger partial charge on any atom is -0.454 e. The molecule has 0 aromatic heterocycles. The van der Waals surface area contributed by atoms with Crippen LogP contribution in [0.5, 0.6) is 11.5 Å². The highest BCUT2D eigenvalue weighted by Crippen LogP contribution is 2.34. The molecule has 3 N–H and O–H groups in total. The molecule has 1 fully saturated rings. The summed E-state index contributed by atoms with van der Waals surface area (Å²) in [4.78, 5) is 1.52. The predicted molar refractivity (Wildman–Crippen MR) is 75.6 cm³/mol. The third-order valence-corrected chi connectivity index (χ3v) is 4.40. The van der Waals surface area contributed by atoms with Crippen molar-refractivity contribution in [3.63, 3.8) is 0 Å². The molecule has 1 aromatic carbocycles. The molecule has 0 unspecified atom stereocenters. The van der Waals surface area contributed by atoms with Crippen molar-refractivity contribution in [2.75, 3.05) is 26.6 Å². The van der Waals surface area contributed by atoms with Gasteiger partial charge in [0.15, 0.2) is 11.5 Å². The molecule has 1 saturated heterocycles. The van der Waals surface area contributed by atoms with E-state index in [1.807, 2.05) is 0 Å². The number of ether oxygens (including phenoxy) is 2. The molecule has 3 rings (SSSR count). The quantitative estimate of drug-likeness (QED) is 0.711. The smallest absolute Gasteiger partial charge is 0.231 e. The Balaban J connectivity index is 1.70. The van der Waals surface area contributed by atoms with Crippen LogP contribution in [0.1, 0.15) is 5.56 Å². The zero-order valence-corrected chi connectivity index (χ0v) is 12.4. The van der Waals surface area contributed by atoms with Gasteiger partial charge in [0, 0.05) is 19.2 Å². The van der Waals surface area contributed by atoms with E-state index in [0.29, 0.717) is 17.1 Å².